The highest BCUT2D eigenvalue weighted by Crippen LogP contribution is 2.32. The van der Waals surface area contributed by atoms with Crippen molar-refractivity contribution < 1.29 is 27.8 Å². The third-order valence-electron chi connectivity index (χ3n) is 2.59. The molecule has 1 aromatic carbocycles. The van der Waals surface area contributed by atoms with E-state index in [4.69, 9.17) is 4.74 Å². The smallest absolute Gasteiger partial charge is 0.416 e. The second kappa shape index (κ2) is 6.56. The van der Waals surface area contributed by atoms with Crippen molar-refractivity contribution in [2.24, 2.45) is 0 Å². The largest absolute Gasteiger partial charge is 0.444 e. The van der Waals surface area contributed by atoms with E-state index in [0.29, 0.717) is 5.56 Å². The van der Waals surface area contributed by atoms with Crippen molar-refractivity contribution in [3.63, 3.8) is 0 Å². The highest BCUT2D eigenvalue weighted by molar-refractivity contribution is 5.86. The van der Waals surface area contributed by atoms with Crippen LogP contribution >= 0.6 is 0 Å². The van der Waals surface area contributed by atoms with Crippen LogP contribution in [-0.2, 0) is 17.3 Å². The Morgan fingerprint density at radius 1 is 1.32 bits per heavy atom. The number of aliphatic hydroxyl groups excluding tert-OH is 1. The predicted octanol–water partition coefficient (Wildman–Crippen LogP) is 3.98. The zero-order valence-electron chi connectivity index (χ0n) is 12.9. The van der Waals surface area contributed by atoms with Crippen LogP contribution in [0, 0.1) is 0 Å². The molecule has 0 radical (unpaired) electrons. The lowest BCUT2D eigenvalue weighted by atomic mass is 10.0. The maximum Gasteiger partial charge on any atom is 0.416 e. The highest BCUT2D eigenvalue weighted by Gasteiger charge is 2.31. The van der Waals surface area contributed by atoms with Gasteiger partial charge >= 0.3 is 12.3 Å². The zero-order chi connectivity index (χ0) is 17.1. The topological polar surface area (TPSA) is 58.6 Å². The number of hydrogen-bond acceptors (Lipinski definition) is 3. The van der Waals surface area contributed by atoms with Crippen LogP contribution in [0.1, 0.15) is 38.8 Å². The van der Waals surface area contributed by atoms with Crippen LogP contribution in [0.3, 0.4) is 0 Å². The van der Waals surface area contributed by atoms with E-state index >= 15 is 0 Å². The molecule has 0 saturated carbocycles. The number of benzene rings is 1. The van der Waals surface area contributed by atoms with Gasteiger partial charge in [0.2, 0.25) is 0 Å². The number of halogens is 3. The van der Waals surface area contributed by atoms with Gasteiger partial charge in [-0.05, 0) is 45.4 Å². The van der Waals surface area contributed by atoms with Crippen LogP contribution in [0.2, 0.25) is 0 Å². The molecule has 1 atom stereocenters. The number of ether oxygens (including phenoxy) is 1. The Balaban J connectivity index is 3.09. The van der Waals surface area contributed by atoms with Gasteiger partial charge in [-0.2, -0.15) is 13.2 Å². The molecule has 0 heterocycles. The Labute approximate surface area is 127 Å². The Kier molecular flexibility index (Phi) is 5.45. The molecule has 0 aliphatic rings. The summed E-state index contributed by atoms with van der Waals surface area (Å²) in [5.41, 5.74) is -1.28. The molecule has 7 heteroatoms. The molecule has 1 unspecified atom stereocenters. The van der Waals surface area contributed by atoms with Crippen molar-refractivity contribution in [3.8, 4) is 0 Å². The van der Waals surface area contributed by atoms with E-state index in [1.54, 1.807) is 20.8 Å². The van der Waals surface area contributed by atoms with Crippen LogP contribution < -0.4 is 5.32 Å². The molecule has 0 bridgehead atoms. The average molecular weight is 319 g/mol. The molecule has 1 amide bonds. The van der Waals surface area contributed by atoms with E-state index in [1.807, 2.05) is 0 Å². The normalized spacial score (nSPS) is 13.6. The van der Waals surface area contributed by atoms with Crippen molar-refractivity contribution in [3.05, 3.63) is 29.3 Å². The first kappa shape index (κ1) is 18.3. The van der Waals surface area contributed by atoms with Crippen LogP contribution in [0.25, 0.3) is 0 Å². The molecule has 22 heavy (non-hydrogen) atoms. The van der Waals surface area contributed by atoms with Gasteiger partial charge in [0.05, 0.1) is 11.7 Å². The number of hydrogen-bond donors (Lipinski definition) is 2. The molecular weight excluding hydrogens is 299 g/mol. The quantitative estimate of drug-likeness (QED) is 0.886. The van der Waals surface area contributed by atoms with Crippen molar-refractivity contribution in [2.45, 2.75) is 52.0 Å². The summed E-state index contributed by atoms with van der Waals surface area (Å²) in [6.45, 7) is 6.45. The fourth-order valence-electron chi connectivity index (χ4n) is 1.78. The van der Waals surface area contributed by atoms with Crippen LogP contribution in [-0.4, -0.2) is 22.9 Å². The SMILES string of the molecule is CC(O)Cc1ccc(C(F)(F)F)cc1NC(=O)OC(C)(C)C. The first-order valence-electron chi connectivity index (χ1n) is 6.76. The minimum absolute atomic E-state index is 0.0232. The van der Waals surface area contributed by atoms with Crippen LogP contribution in [0.15, 0.2) is 18.2 Å². The fourth-order valence-corrected chi connectivity index (χ4v) is 1.78. The number of nitrogens with one attached hydrogen (secondary N) is 1. The third-order valence-corrected chi connectivity index (χ3v) is 2.59. The van der Waals surface area contributed by atoms with Gasteiger partial charge in [0.1, 0.15) is 5.60 Å². The zero-order valence-corrected chi connectivity index (χ0v) is 12.9. The molecular formula is C15H20F3NO3. The number of anilines is 1. The summed E-state index contributed by atoms with van der Waals surface area (Å²) in [4.78, 5) is 11.7. The predicted molar refractivity (Wildman–Crippen MR) is 76.7 cm³/mol. The lowest BCUT2D eigenvalue weighted by Gasteiger charge is -2.21. The molecule has 1 aromatic rings. The first-order chi connectivity index (χ1) is 9.88. The van der Waals surface area contributed by atoms with E-state index in [-0.39, 0.29) is 12.1 Å². The van der Waals surface area contributed by atoms with Gasteiger partial charge in [0.15, 0.2) is 0 Å². The first-order valence-corrected chi connectivity index (χ1v) is 6.76. The van der Waals surface area contributed by atoms with Crippen LogP contribution in [0.4, 0.5) is 23.7 Å². The lowest BCUT2D eigenvalue weighted by molar-refractivity contribution is -0.137. The van der Waals surface area contributed by atoms with Gasteiger partial charge in [-0.3, -0.25) is 5.32 Å². The third kappa shape index (κ3) is 5.93. The minimum atomic E-state index is -4.52. The van der Waals surface area contributed by atoms with Gasteiger partial charge < -0.3 is 9.84 Å². The van der Waals surface area contributed by atoms with Crippen molar-refractivity contribution in [1.82, 2.24) is 0 Å². The fraction of sp³-hybridized carbons (Fsp3) is 0.533. The van der Waals surface area contributed by atoms with Gasteiger partial charge in [0.25, 0.3) is 0 Å². The molecule has 0 saturated heterocycles. The van der Waals surface area contributed by atoms with Crippen molar-refractivity contribution in [2.75, 3.05) is 5.32 Å². The number of aliphatic hydroxyl groups is 1. The average Bonchev–Trinajstić information content (AvgIpc) is 2.26. The maximum atomic E-state index is 12.8. The summed E-state index contributed by atoms with van der Waals surface area (Å²) >= 11 is 0. The molecule has 0 aliphatic heterocycles. The number of amides is 1. The minimum Gasteiger partial charge on any atom is -0.444 e. The molecule has 124 valence electrons. The van der Waals surface area contributed by atoms with E-state index in [1.165, 1.54) is 13.0 Å². The summed E-state index contributed by atoms with van der Waals surface area (Å²) in [5, 5.41) is 11.7. The molecule has 0 fully saturated rings. The summed E-state index contributed by atoms with van der Waals surface area (Å²) in [6, 6.07) is 2.99. The number of alkyl halides is 3. The van der Waals surface area contributed by atoms with Gasteiger partial charge in [-0.25, -0.2) is 4.79 Å². The van der Waals surface area contributed by atoms with E-state index in [2.05, 4.69) is 5.32 Å². The summed E-state index contributed by atoms with van der Waals surface area (Å²) < 4.78 is 43.4. The van der Waals surface area contributed by atoms with E-state index in [0.717, 1.165) is 12.1 Å². The van der Waals surface area contributed by atoms with E-state index < -0.39 is 29.5 Å². The molecule has 1 rings (SSSR count). The monoisotopic (exact) mass is 319 g/mol. The molecule has 4 nitrogen and oxygen atoms in total. The second-order valence-corrected chi connectivity index (χ2v) is 6.05. The highest BCUT2D eigenvalue weighted by atomic mass is 19.4. The van der Waals surface area contributed by atoms with Crippen LogP contribution in [0.5, 0.6) is 0 Å². The molecule has 0 aliphatic carbocycles. The van der Waals surface area contributed by atoms with E-state index in [9.17, 15) is 23.1 Å². The summed E-state index contributed by atoms with van der Waals surface area (Å²) in [7, 11) is 0. The standard InChI is InChI=1S/C15H20F3NO3/c1-9(20)7-10-5-6-11(15(16,17)18)8-12(10)19-13(21)22-14(2,3)4/h5-6,8-9,20H,7H2,1-4H3,(H,19,21). The van der Waals surface area contributed by atoms with Gasteiger partial charge in [-0.1, -0.05) is 6.07 Å². The molecule has 0 aromatic heterocycles. The summed E-state index contributed by atoms with van der Waals surface area (Å²) in [5.74, 6) is 0. The number of carbonyl (C=O) groups is 1. The van der Waals surface area contributed by atoms with Crippen molar-refractivity contribution >= 4 is 11.8 Å². The Morgan fingerprint density at radius 3 is 2.36 bits per heavy atom. The molecule has 2 N–H and O–H groups in total. The number of rotatable bonds is 3. The maximum absolute atomic E-state index is 12.8. The summed E-state index contributed by atoms with van der Waals surface area (Å²) in [6.07, 6.45) is -6.01. The second-order valence-electron chi connectivity index (χ2n) is 6.05. The molecule has 0 spiro atoms. The van der Waals surface area contributed by atoms with Gasteiger partial charge in [-0.15, -0.1) is 0 Å². The Morgan fingerprint density at radius 2 is 1.91 bits per heavy atom. The Bertz CT molecular complexity index is 534. The number of carbonyl (C=O) groups excluding carboxylic acids is 1. The van der Waals surface area contributed by atoms with Gasteiger partial charge in [0, 0.05) is 12.1 Å². The lowest BCUT2D eigenvalue weighted by Crippen LogP contribution is -2.27. The Hall–Kier alpha value is -1.76. The van der Waals surface area contributed by atoms with Crippen molar-refractivity contribution in [1.29, 1.82) is 0 Å².